The second-order valence-corrected chi connectivity index (χ2v) is 5.23. The Morgan fingerprint density at radius 2 is 2.19 bits per heavy atom. The van der Waals surface area contributed by atoms with Crippen molar-refractivity contribution in [2.75, 3.05) is 0 Å². The van der Waals surface area contributed by atoms with E-state index in [9.17, 15) is 0 Å². The van der Waals surface area contributed by atoms with Gasteiger partial charge in [0.15, 0.2) is 0 Å². The van der Waals surface area contributed by atoms with Gasteiger partial charge in [-0.1, -0.05) is 6.92 Å². The van der Waals surface area contributed by atoms with Gasteiger partial charge in [0.2, 0.25) is 0 Å². The molecule has 0 radical (unpaired) electrons. The second-order valence-electron chi connectivity index (χ2n) is 3.98. The molecule has 1 atom stereocenters. The van der Waals surface area contributed by atoms with E-state index in [1.54, 1.807) is 4.68 Å². The molecule has 0 spiro atoms. The summed E-state index contributed by atoms with van der Waals surface area (Å²) in [5, 5.41) is 4.14. The largest absolute Gasteiger partial charge is 0.324 e. The van der Waals surface area contributed by atoms with E-state index in [1.165, 1.54) is 9.75 Å². The molecule has 2 N–H and O–H groups in total. The quantitative estimate of drug-likeness (QED) is 0.883. The first-order valence-corrected chi connectivity index (χ1v) is 6.32. The Hall–Kier alpha value is -1.13. The summed E-state index contributed by atoms with van der Waals surface area (Å²) in [6.45, 7) is 2.18. The number of aryl methyl sites for hydroxylation is 2. The van der Waals surface area contributed by atoms with E-state index in [4.69, 9.17) is 5.73 Å². The summed E-state index contributed by atoms with van der Waals surface area (Å²) in [7, 11) is 1.91. The summed E-state index contributed by atoms with van der Waals surface area (Å²) >= 11 is 1.86. The standard InChI is InChI=1S/C12H17N3S/c1-3-10-4-5-11(16-10)6-12(13)9-7-14-15(2)8-9/h4-5,7-8,12H,3,6,13H2,1-2H3. The number of rotatable bonds is 4. The van der Waals surface area contributed by atoms with Crippen LogP contribution in [0.5, 0.6) is 0 Å². The number of nitrogens with two attached hydrogens (primary N) is 1. The minimum absolute atomic E-state index is 0.0528. The Balaban J connectivity index is 2.04. The van der Waals surface area contributed by atoms with Crippen LogP contribution in [0.15, 0.2) is 24.5 Å². The molecular weight excluding hydrogens is 218 g/mol. The van der Waals surface area contributed by atoms with Gasteiger partial charge in [0.1, 0.15) is 0 Å². The van der Waals surface area contributed by atoms with E-state index in [0.29, 0.717) is 0 Å². The normalized spacial score (nSPS) is 12.9. The summed E-state index contributed by atoms with van der Waals surface area (Å²) < 4.78 is 1.79. The van der Waals surface area contributed by atoms with Crippen LogP contribution in [0.1, 0.15) is 28.3 Å². The molecule has 0 amide bonds. The molecule has 0 saturated carbocycles. The maximum Gasteiger partial charge on any atom is 0.0537 e. The maximum absolute atomic E-state index is 6.14. The Kier molecular flexibility index (Phi) is 3.41. The Bertz CT molecular complexity index is 458. The molecule has 2 aromatic rings. The highest BCUT2D eigenvalue weighted by Gasteiger charge is 2.10. The van der Waals surface area contributed by atoms with Crippen LogP contribution in [0.3, 0.4) is 0 Å². The van der Waals surface area contributed by atoms with Crippen LogP contribution in [-0.4, -0.2) is 9.78 Å². The summed E-state index contributed by atoms with van der Waals surface area (Å²) in [6, 6.07) is 4.42. The molecule has 1 unspecified atom stereocenters. The van der Waals surface area contributed by atoms with Crippen LogP contribution < -0.4 is 5.73 Å². The molecule has 0 aromatic carbocycles. The van der Waals surface area contributed by atoms with Crippen molar-refractivity contribution in [3.63, 3.8) is 0 Å². The predicted molar refractivity (Wildman–Crippen MR) is 67.5 cm³/mol. The van der Waals surface area contributed by atoms with Crippen molar-refractivity contribution < 1.29 is 0 Å². The lowest BCUT2D eigenvalue weighted by atomic mass is 10.1. The Morgan fingerprint density at radius 3 is 2.75 bits per heavy atom. The van der Waals surface area contributed by atoms with Crippen LogP contribution >= 0.6 is 11.3 Å². The minimum Gasteiger partial charge on any atom is -0.324 e. The average molecular weight is 235 g/mol. The fourth-order valence-electron chi connectivity index (χ4n) is 1.69. The third-order valence-electron chi connectivity index (χ3n) is 2.64. The van der Waals surface area contributed by atoms with Crippen molar-refractivity contribution in [1.29, 1.82) is 0 Å². The predicted octanol–water partition coefficient (Wildman–Crippen LogP) is 2.29. The Morgan fingerprint density at radius 1 is 1.44 bits per heavy atom. The van der Waals surface area contributed by atoms with Crippen LogP contribution in [0.2, 0.25) is 0 Å². The first-order chi connectivity index (χ1) is 7.69. The van der Waals surface area contributed by atoms with Gasteiger partial charge in [0, 0.05) is 41.0 Å². The van der Waals surface area contributed by atoms with Gasteiger partial charge in [-0.05, 0) is 18.6 Å². The van der Waals surface area contributed by atoms with Crippen LogP contribution in [-0.2, 0) is 19.9 Å². The fraction of sp³-hybridized carbons (Fsp3) is 0.417. The number of nitrogens with zero attached hydrogens (tertiary/aromatic N) is 2. The highest BCUT2D eigenvalue weighted by atomic mass is 32.1. The Labute approximate surface area is 99.9 Å². The molecule has 2 heterocycles. The first kappa shape index (κ1) is 11.4. The van der Waals surface area contributed by atoms with Crippen molar-refractivity contribution in [3.05, 3.63) is 39.8 Å². The molecule has 16 heavy (non-hydrogen) atoms. The molecule has 86 valence electrons. The summed E-state index contributed by atoms with van der Waals surface area (Å²) in [5.41, 5.74) is 7.25. The van der Waals surface area contributed by atoms with E-state index in [-0.39, 0.29) is 6.04 Å². The van der Waals surface area contributed by atoms with E-state index in [1.807, 2.05) is 30.8 Å². The van der Waals surface area contributed by atoms with Gasteiger partial charge in [-0.25, -0.2) is 0 Å². The van der Waals surface area contributed by atoms with E-state index >= 15 is 0 Å². The molecule has 4 heteroatoms. The molecule has 0 fully saturated rings. The molecule has 0 aliphatic rings. The zero-order valence-electron chi connectivity index (χ0n) is 9.68. The first-order valence-electron chi connectivity index (χ1n) is 5.50. The topological polar surface area (TPSA) is 43.8 Å². The van der Waals surface area contributed by atoms with Gasteiger partial charge in [-0.3, -0.25) is 4.68 Å². The molecule has 2 aromatic heterocycles. The van der Waals surface area contributed by atoms with Crippen LogP contribution in [0.4, 0.5) is 0 Å². The number of aromatic nitrogens is 2. The third-order valence-corrected chi connectivity index (χ3v) is 3.89. The summed E-state index contributed by atoms with van der Waals surface area (Å²) in [6.07, 6.45) is 5.83. The zero-order valence-corrected chi connectivity index (χ0v) is 10.5. The van der Waals surface area contributed by atoms with Crippen molar-refractivity contribution >= 4 is 11.3 Å². The smallest absolute Gasteiger partial charge is 0.0537 e. The second kappa shape index (κ2) is 4.80. The number of thiophene rings is 1. The van der Waals surface area contributed by atoms with E-state index in [2.05, 4.69) is 24.2 Å². The van der Waals surface area contributed by atoms with Crippen molar-refractivity contribution in [2.24, 2.45) is 12.8 Å². The SMILES string of the molecule is CCc1ccc(CC(N)c2cnn(C)c2)s1. The monoisotopic (exact) mass is 235 g/mol. The average Bonchev–Trinajstić information content (AvgIpc) is 2.87. The number of hydrogen-bond acceptors (Lipinski definition) is 3. The van der Waals surface area contributed by atoms with Crippen LogP contribution in [0.25, 0.3) is 0 Å². The lowest BCUT2D eigenvalue weighted by molar-refractivity contribution is 0.724. The summed E-state index contributed by atoms with van der Waals surface area (Å²) in [5.74, 6) is 0. The molecular formula is C12H17N3S. The summed E-state index contributed by atoms with van der Waals surface area (Å²) in [4.78, 5) is 2.78. The third kappa shape index (κ3) is 2.51. The van der Waals surface area contributed by atoms with Crippen molar-refractivity contribution in [2.45, 2.75) is 25.8 Å². The molecule has 2 rings (SSSR count). The molecule has 0 aliphatic heterocycles. The van der Waals surface area contributed by atoms with Crippen molar-refractivity contribution in [1.82, 2.24) is 9.78 Å². The van der Waals surface area contributed by atoms with Gasteiger partial charge in [0.25, 0.3) is 0 Å². The molecule has 3 nitrogen and oxygen atoms in total. The van der Waals surface area contributed by atoms with Crippen molar-refractivity contribution in [3.8, 4) is 0 Å². The lowest BCUT2D eigenvalue weighted by Crippen LogP contribution is -2.11. The van der Waals surface area contributed by atoms with Gasteiger partial charge in [-0.2, -0.15) is 5.10 Å². The molecule has 0 bridgehead atoms. The fourth-order valence-corrected chi connectivity index (χ4v) is 2.70. The molecule has 0 saturated heterocycles. The zero-order chi connectivity index (χ0) is 11.5. The van der Waals surface area contributed by atoms with E-state index < -0.39 is 0 Å². The minimum atomic E-state index is 0.0528. The van der Waals surface area contributed by atoms with Gasteiger partial charge < -0.3 is 5.73 Å². The highest BCUT2D eigenvalue weighted by molar-refractivity contribution is 7.11. The van der Waals surface area contributed by atoms with Gasteiger partial charge in [-0.15, -0.1) is 11.3 Å². The lowest BCUT2D eigenvalue weighted by Gasteiger charge is -2.06. The maximum atomic E-state index is 6.14. The van der Waals surface area contributed by atoms with E-state index in [0.717, 1.165) is 18.4 Å². The number of hydrogen-bond donors (Lipinski definition) is 1. The highest BCUT2D eigenvalue weighted by Crippen LogP contribution is 2.22. The molecule has 0 aliphatic carbocycles. The van der Waals surface area contributed by atoms with Gasteiger partial charge in [0.05, 0.1) is 6.20 Å². The van der Waals surface area contributed by atoms with Gasteiger partial charge >= 0.3 is 0 Å². The van der Waals surface area contributed by atoms with Crippen LogP contribution in [0, 0.1) is 0 Å².